The van der Waals surface area contributed by atoms with Crippen molar-refractivity contribution in [1.82, 2.24) is 9.97 Å². The van der Waals surface area contributed by atoms with E-state index in [-0.39, 0.29) is 6.04 Å². The number of rotatable bonds is 4. The number of halogens is 1. The van der Waals surface area contributed by atoms with Crippen molar-refractivity contribution < 1.29 is 14.3 Å². The number of anilines is 1. The average molecular weight is 334 g/mol. The van der Waals surface area contributed by atoms with Crippen LogP contribution in [0.25, 0.3) is 0 Å². The van der Waals surface area contributed by atoms with Crippen molar-refractivity contribution in [1.29, 1.82) is 0 Å². The van der Waals surface area contributed by atoms with Gasteiger partial charge in [-0.05, 0) is 25.1 Å². The minimum Gasteiger partial charge on any atom is -0.493 e. The summed E-state index contributed by atoms with van der Waals surface area (Å²) in [6.45, 7) is 2.63. The molecular weight excluding hydrogens is 318 g/mol. The maximum Gasteiger partial charge on any atom is 0.343 e. The van der Waals surface area contributed by atoms with E-state index < -0.39 is 5.97 Å². The lowest BCUT2D eigenvalue weighted by molar-refractivity contribution is 0.0526. The fourth-order valence-electron chi connectivity index (χ4n) is 2.48. The Labute approximate surface area is 138 Å². The molecule has 23 heavy (non-hydrogen) atoms. The first kappa shape index (κ1) is 15.6. The predicted octanol–water partition coefficient (Wildman–Crippen LogP) is 3.24. The molecule has 7 heteroatoms. The highest BCUT2D eigenvalue weighted by atomic mass is 35.5. The average Bonchev–Trinajstić information content (AvgIpc) is 2.56. The van der Waals surface area contributed by atoms with E-state index in [9.17, 15) is 4.79 Å². The topological polar surface area (TPSA) is 73.3 Å². The van der Waals surface area contributed by atoms with Crippen LogP contribution in [0.1, 0.15) is 35.3 Å². The lowest BCUT2D eigenvalue weighted by atomic mass is 10.0. The highest BCUT2D eigenvalue weighted by molar-refractivity contribution is 6.30. The van der Waals surface area contributed by atoms with E-state index in [1.54, 1.807) is 13.0 Å². The highest BCUT2D eigenvalue weighted by Crippen LogP contribution is 2.36. The Hall–Kier alpha value is -2.34. The molecule has 1 aliphatic rings. The lowest BCUT2D eigenvalue weighted by Gasteiger charge is -2.27. The first-order valence-corrected chi connectivity index (χ1v) is 7.72. The van der Waals surface area contributed by atoms with Gasteiger partial charge in [0.2, 0.25) is 0 Å². The monoisotopic (exact) mass is 333 g/mol. The van der Waals surface area contributed by atoms with Gasteiger partial charge in [-0.25, -0.2) is 14.8 Å². The second kappa shape index (κ2) is 6.83. The van der Waals surface area contributed by atoms with E-state index in [0.717, 1.165) is 17.7 Å². The van der Waals surface area contributed by atoms with Crippen LogP contribution in [-0.2, 0) is 4.74 Å². The summed E-state index contributed by atoms with van der Waals surface area (Å²) in [5.74, 6) is 0.773. The smallest absolute Gasteiger partial charge is 0.343 e. The normalized spacial score (nSPS) is 16.2. The molecule has 0 saturated heterocycles. The maximum atomic E-state index is 12.0. The fourth-order valence-corrected chi connectivity index (χ4v) is 2.66. The molecule has 3 rings (SSSR count). The van der Waals surface area contributed by atoms with Gasteiger partial charge in [0.1, 0.15) is 23.5 Å². The van der Waals surface area contributed by atoms with Crippen LogP contribution >= 0.6 is 11.6 Å². The van der Waals surface area contributed by atoms with Gasteiger partial charge in [-0.2, -0.15) is 0 Å². The molecule has 6 nitrogen and oxygen atoms in total. The van der Waals surface area contributed by atoms with Gasteiger partial charge in [-0.1, -0.05) is 11.6 Å². The molecule has 1 aliphatic heterocycles. The number of benzene rings is 1. The van der Waals surface area contributed by atoms with Crippen molar-refractivity contribution in [3.05, 3.63) is 46.9 Å². The molecule has 1 aromatic heterocycles. The van der Waals surface area contributed by atoms with E-state index in [2.05, 4.69) is 15.3 Å². The van der Waals surface area contributed by atoms with Gasteiger partial charge in [0.15, 0.2) is 0 Å². The fraction of sp³-hybridized carbons (Fsp3) is 0.312. The molecule has 2 heterocycles. The standard InChI is InChI=1S/C16H16ClN3O3/c1-2-22-16(21)12-8-18-9-19-15(12)20-13-5-6-23-14-4-3-10(17)7-11(13)14/h3-4,7-9,13H,2,5-6H2,1H3,(H,18,19,20). The summed E-state index contributed by atoms with van der Waals surface area (Å²) in [4.78, 5) is 20.1. The number of carbonyl (C=O) groups is 1. The quantitative estimate of drug-likeness (QED) is 0.866. The number of aromatic nitrogens is 2. The lowest BCUT2D eigenvalue weighted by Crippen LogP contribution is -2.22. The van der Waals surface area contributed by atoms with Crippen molar-refractivity contribution in [3.8, 4) is 5.75 Å². The Kier molecular flexibility index (Phi) is 4.62. The molecular formula is C16H16ClN3O3. The molecule has 0 saturated carbocycles. The third-order valence-corrected chi connectivity index (χ3v) is 3.76. The van der Waals surface area contributed by atoms with E-state index in [1.165, 1.54) is 12.5 Å². The van der Waals surface area contributed by atoms with Crippen LogP contribution < -0.4 is 10.1 Å². The van der Waals surface area contributed by atoms with Crippen LogP contribution in [0.5, 0.6) is 5.75 Å². The number of nitrogens with zero attached hydrogens (tertiary/aromatic N) is 2. The number of carbonyl (C=O) groups excluding carboxylic acids is 1. The van der Waals surface area contributed by atoms with Gasteiger partial charge in [0.05, 0.1) is 19.3 Å². The summed E-state index contributed by atoms with van der Waals surface area (Å²) in [5.41, 5.74) is 1.25. The number of hydrogen-bond acceptors (Lipinski definition) is 6. The van der Waals surface area contributed by atoms with Crippen molar-refractivity contribution in [2.75, 3.05) is 18.5 Å². The maximum absolute atomic E-state index is 12.0. The Bertz CT molecular complexity index is 723. The number of fused-ring (bicyclic) bond motifs is 1. The Morgan fingerprint density at radius 3 is 3.22 bits per heavy atom. The zero-order chi connectivity index (χ0) is 16.2. The van der Waals surface area contributed by atoms with Gasteiger partial charge in [-0.15, -0.1) is 0 Å². The molecule has 0 radical (unpaired) electrons. The second-order valence-corrected chi connectivity index (χ2v) is 5.46. The summed E-state index contributed by atoms with van der Waals surface area (Å²) < 4.78 is 10.7. The molecule has 0 aliphatic carbocycles. The zero-order valence-electron chi connectivity index (χ0n) is 12.6. The van der Waals surface area contributed by atoms with Gasteiger partial charge in [-0.3, -0.25) is 0 Å². The van der Waals surface area contributed by atoms with E-state index >= 15 is 0 Å². The molecule has 1 atom stereocenters. The summed E-state index contributed by atoms with van der Waals surface area (Å²) in [7, 11) is 0. The van der Waals surface area contributed by atoms with E-state index in [1.807, 2.05) is 12.1 Å². The molecule has 2 aromatic rings. The summed E-state index contributed by atoms with van der Waals surface area (Å²) in [6, 6.07) is 5.44. The number of ether oxygens (including phenoxy) is 2. The van der Waals surface area contributed by atoms with Crippen LogP contribution in [0.3, 0.4) is 0 Å². The molecule has 1 aromatic carbocycles. The minimum absolute atomic E-state index is 0.0551. The Morgan fingerprint density at radius 2 is 2.39 bits per heavy atom. The summed E-state index contributed by atoms with van der Waals surface area (Å²) in [6.07, 6.45) is 3.58. The first-order valence-electron chi connectivity index (χ1n) is 7.35. The highest BCUT2D eigenvalue weighted by Gasteiger charge is 2.24. The van der Waals surface area contributed by atoms with Gasteiger partial charge in [0.25, 0.3) is 0 Å². The third-order valence-electron chi connectivity index (χ3n) is 3.53. The summed E-state index contributed by atoms with van der Waals surface area (Å²) in [5, 5.41) is 3.92. The predicted molar refractivity (Wildman–Crippen MR) is 85.9 cm³/mol. The van der Waals surface area contributed by atoms with Crippen LogP contribution in [0.4, 0.5) is 5.82 Å². The molecule has 0 spiro atoms. The number of esters is 1. The van der Waals surface area contributed by atoms with Crippen LogP contribution in [-0.4, -0.2) is 29.2 Å². The van der Waals surface area contributed by atoms with Crippen molar-refractivity contribution in [3.63, 3.8) is 0 Å². The Morgan fingerprint density at radius 1 is 1.52 bits per heavy atom. The van der Waals surface area contributed by atoms with E-state index in [0.29, 0.717) is 29.6 Å². The summed E-state index contributed by atoms with van der Waals surface area (Å²) >= 11 is 6.08. The molecule has 1 unspecified atom stereocenters. The molecule has 0 fully saturated rings. The van der Waals surface area contributed by atoms with Crippen molar-refractivity contribution in [2.24, 2.45) is 0 Å². The van der Waals surface area contributed by atoms with Gasteiger partial charge >= 0.3 is 5.97 Å². The molecule has 120 valence electrons. The van der Waals surface area contributed by atoms with Crippen LogP contribution in [0.15, 0.2) is 30.7 Å². The second-order valence-electron chi connectivity index (χ2n) is 5.02. The van der Waals surface area contributed by atoms with Crippen molar-refractivity contribution in [2.45, 2.75) is 19.4 Å². The van der Waals surface area contributed by atoms with Crippen LogP contribution in [0, 0.1) is 0 Å². The van der Waals surface area contributed by atoms with E-state index in [4.69, 9.17) is 21.1 Å². The van der Waals surface area contributed by atoms with Crippen LogP contribution in [0.2, 0.25) is 5.02 Å². The SMILES string of the molecule is CCOC(=O)c1cncnc1NC1CCOc2ccc(Cl)cc21. The molecule has 0 amide bonds. The number of hydrogen-bond donors (Lipinski definition) is 1. The first-order chi connectivity index (χ1) is 11.2. The van der Waals surface area contributed by atoms with Crippen molar-refractivity contribution >= 4 is 23.4 Å². The molecule has 1 N–H and O–H groups in total. The minimum atomic E-state index is -0.450. The Balaban J connectivity index is 1.89. The third kappa shape index (κ3) is 3.37. The zero-order valence-corrected chi connectivity index (χ0v) is 13.3. The van der Waals surface area contributed by atoms with Gasteiger partial charge in [0, 0.05) is 23.2 Å². The molecule has 0 bridgehead atoms. The van der Waals surface area contributed by atoms with Gasteiger partial charge < -0.3 is 14.8 Å². The number of nitrogens with one attached hydrogen (secondary N) is 1. The largest absolute Gasteiger partial charge is 0.493 e.